The van der Waals surface area contributed by atoms with E-state index in [0.717, 1.165) is 24.5 Å². The molecular weight excluding hydrogens is 312 g/mol. The van der Waals surface area contributed by atoms with E-state index >= 15 is 0 Å². The van der Waals surface area contributed by atoms with E-state index in [0.29, 0.717) is 24.2 Å². The second kappa shape index (κ2) is 6.89. The monoisotopic (exact) mass is 339 g/mol. The van der Waals surface area contributed by atoms with Crippen LogP contribution in [0.1, 0.15) is 20.3 Å². The summed E-state index contributed by atoms with van der Waals surface area (Å²) in [5, 5.41) is 9.71. The number of hydrogen-bond donors (Lipinski definition) is 1. The summed E-state index contributed by atoms with van der Waals surface area (Å²) in [6.07, 6.45) is 1.23. The molecule has 0 aromatic heterocycles. The van der Waals surface area contributed by atoms with Crippen LogP contribution in [0, 0.1) is 23.2 Å². The van der Waals surface area contributed by atoms with Crippen LogP contribution in [-0.2, 0) is 4.79 Å². The highest BCUT2D eigenvalue weighted by atomic mass is 16.1. The van der Waals surface area contributed by atoms with Gasteiger partial charge in [-0.15, -0.1) is 0 Å². The second-order valence-corrected chi connectivity index (χ2v) is 7.62. The number of para-hydroxylation sites is 2. The number of benzene rings is 1. The molecule has 0 amide bonds. The number of fused-ring (bicyclic) bond motifs is 1. The largest absolute Gasteiger partial charge is 0.328 e. The van der Waals surface area contributed by atoms with Crippen LogP contribution in [-0.4, -0.2) is 39.5 Å². The van der Waals surface area contributed by atoms with Crippen molar-refractivity contribution in [1.82, 2.24) is 0 Å². The fourth-order valence-corrected chi connectivity index (χ4v) is 4.44. The van der Waals surface area contributed by atoms with Crippen molar-refractivity contribution in [3.05, 3.63) is 35.7 Å². The number of carbonyl (C=O) groups is 1. The van der Waals surface area contributed by atoms with Crippen LogP contribution in [0.5, 0.6) is 0 Å². The molecular formula is C20H27N4O+. The van der Waals surface area contributed by atoms with Crippen LogP contribution in [0.3, 0.4) is 0 Å². The predicted octanol–water partition coefficient (Wildman–Crippen LogP) is 1.44. The van der Waals surface area contributed by atoms with Crippen molar-refractivity contribution in [2.24, 2.45) is 11.8 Å². The number of quaternary nitrogens is 1. The van der Waals surface area contributed by atoms with E-state index in [1.54, 1.807) is 0 Å². The van der Waals surface area contributed by atoms with E-state index in [2.05, 4.69) is 19.9 Å². The lowest BCUT2D eigenvalue weighted by molar-refractivity contribution is -0.904. The molecule has 0 spiro atoms. The third kappa shape index (κ3) is 3.27. The van der Waals surface area contributed by atoms with Gasteiger partial charge < -0.3 is 14.7 Å². The van der Waals surface area contributed by atoms with Crippen LogP contribution in [0.15, 0.2) is 35.7 Å². The summed E-state index contributed by atoms with van der Waals surface area (Å²) < 4.78 is 0. The Bertz CT molecular complexity index is 707. The molecule has 1 saturated heterocycles. The van der Waals surface area contributed by atoms with Gasteiger partial charge in [0.25, 0.3) is 0 Å². The molecule has 132 valence electrons. The zero-order valence-corrected chi connectivity index (χ0v) is 15.5. The van der Waals surface area contributed by atoms with Crippen molar-refractivity contribution < 1.29 is 9.69 Å². The molecule has 3 rings (SSSR count). The number of piperidine rings is 1. The summed E-state index contributed by atoms with van der Waals surface area (Å²) in [7, 11) is 3.83. The van der Waals surface area contributed by atoms with Crippen molar-refractivity contribution in [2.75, 3.05) is 43.5 Å². The maximum atomic E-state index is 12.9. The molecule has 0 bridgehead atoms. The lowest BCUT2D eigenvalue weighted by Gasteiger charge is -2.31. The van der Waals surface area contributed by atoms with E-state index in [1.165, 1.54) is 11.3 Å². The maximum absolute atomic E-state index is 12.9. The molecule has 2 aliphatic rings. The van der Waals surface area contributed by atoms with E-state index in [1.807, 2.05) is 48.2 Å². The lowest BCUT2D eigenvalue weighted by atomic mass is 9.91. The molecule has 2 aliphatic heterocycles. The fraction of sp³-hybridized carbons (Fsp3) is 0.500. The number of Topliss-reactive ketones (excluding diaryl/α,β-unsaturated/α-hetero) is 1. The lowest BCUT2D eigenvalue weighted by Crippen LogP contribution is -3.15. The van der Waals surface area contributed by atoms with Crippen molar-refractivity contribution in [2.45, 2.75) is 20.3 Å². The van der Waals surface area contributed by atoms with E-state index in [-0.39, 0.29) is 11.4 Å². The van der Waals surface area contributed by atoms with E-state index in [9.17, 15) is 10.1 Å². The van der Waals surface area contributed by atoms with Gasteiger partial charge in [-0.3, -0.25) is 4.79 Å². The Hall–Kier alpha value is -2.32. The molecule has 25 heavy (non-hydrogen) atoms. The number of anilines is 2. The first-order valence-electron chi connectivity index (χ1n) is 9.00. The standard InChI is InChI=1S/C20H26N4O/c1-14-9-15(2)12-24(11-14)13-19(25)16(10-21)20-22(3)17-7-5-6-8-18(17)23(20)4/h5-8,14-15H,9,11-13H2,1-4H3/p+1/t14-,15-/m1/s1. The average molecular weight is 339 g/mol. The highest BCUT2D eigenvalue weighted by molar-refractivity contribution is 6.03. The van der Waals surface area contributed by atoms with Crippen LogP contribution in [0.4, 0.5) is 11.4 Å². The predicted molar refractivity (Wildman–Crippen MR) is 99.4 cm³/mol. The molecule has 0 saturated carbocycles. The van der Waals surface area contributed by atoms with Crippen molar-refractivity contribution in [1.29, 1.82) is 5.26 Å². The molecule has 0 aliphatic carbocycles. The zero-order chi connectivity index (χ0) is 18.1. The van der Waals surface area contributed by atoms with Crippen LogP contribution in [0.25, 0.3) is 0 Å². The Morgan fingerprint density at radius 2 is 1.68 bits per heavy atom. The Morgan fingerprint density at radius 3 is 2.16 bits per heavy atom. The number of nitrogens with zero attached hydrogens (tertiary/aromatic N) is 3. The van der Waals surface area contributed by atoms with Gasteiger partial charge in [0.2, 0.25) is 5.78 Å². The van der Waals surface area contributed by atoms with E-state index in [4.69, 9.17) is 0 Å². The number of nitriles is 1. The third-order valence-electron chi connectivity index (χ3n) is 5.34. The Kier molecular flexibility index (Phi) is 4.82. The van der Waals surface area contributed by atoms with Crippen LogP contribution in [0.2, 0.25) is 0 Å². The highest BCUT2D eigenvalue weighted by Gasteiger charge is 2.33. The minimum atomic E-state index is -0.0553. The van der Waals surface area contributed by atoms with Gasteiger partial charge >= 0.3 is 0 Å². The number of carbonyl (C=O) groups excluding carboxylic acids is 1. The van der Waals surface area contributed by atoms with Crippen LogP contribution < -0.4 is 14.7 Å². The highest BCUT2D eigenvalue weighted by Crippen LogP contribution is 2.40. The molecule has 2 heterocycles. The third-order valence-corrected chi connectivity index (χ3v) is 5.34. The molecule has 0 radical (unpaired) electrons. The Morgan fingerprint density at radius 1 is 1.16 bits per heavy atom. The summed E-state index contributed by atoms with van der Waals surface area (Å²) in [5.41, 5.74) is 2.31. The zero-order valence-electron chi connectivity index (χ0n) is 15.5. The average Bonchev–Trinajstić information content (AvgIpc) is 2.80. The number of hydrogen-bond acceptors (Lipinski definition) is 4. The first kappa shape index (κ1) is 17.5. The summed E-state index contributed by atoms with van der Waals surface area (Å²) in [6.45, 7) is 6.92. The first-order valence-corrected chi connectivity index (χ1v) is 9.00. The van der Waals surface area contributed by atoms with Crippen LogP contribution >= 0.6 is 0 Å². The molecule has 5 nitrogen and oxygen atoms in total. The Balaban J connectivity index is 1.86. The topological polar surface area (TPSA) is 51.8 Å². The molecule has 2 atom stereocenters. The number of ketones is 1. The van der Waals surface area contributed by atoms with Crippen molar-refractivity contribution >= 4 is 17.2 Å². The van der Waals surface area contributed by atoms with Gasteiger partial charge in [-0.1, -0.05) is 26.0 Å². The summed E-state index contributed by atoms with van der Waals surface area (Å²) >= 11 is 0. The minimum absolute atomic E-state index is 0.0553. The summed E-state index contributed by atoms with van der Waals surface area (Å²) in [5.74, 6) is 1.89. The summed E-state index contributed by atoms with van der Waals surface area (Å²) in [4.78, 5) is 18.1. The van der Waals surface area contributed by atoms with Crippen molar-refractivity contribution in [3.63, 3.8) is 0 Å². The molecule has 1 N–H and O–H groups in total. The van der Waals surface area contributed by atoms with Gasteiger partial charge in [-0.2, -0.15) is 5.26 Å². The SMILES string of the molecule is C[C@@H]1C[C@@H](C)C[NH+](CC(=O)C(C#N)=C2N(C)c3ccccc3N2C)C1. The maximum Gasteiger partial charge on any atom is 0.231 e. The normalized spacial score (nSPS) is 25.6. The number of likely N-dealkylation sites (tertiary alicyclic amines) is 1. The van der Waals surface area contributed by atoms with Gasteiger partial charge in [0.15, 0.2) is 0 Å². The van der Waals surface area contributed by atoms with Gasteiger partial charge in [0.05, 0.1) is 24.5 Å². The van der Waals surface area contributed by atoms with Gasteiger partial charge in [0.1, 0.15) is 24.0 Å². The first-order chi connectivity index (χ1) is 11.9. The molecule has 1 fully saturated rings. The quantitative estimate of drug-likeness (QED) is 0.669. The minimum Gasteiger partial charge on any atom is -0.328 e. The molecule has 5 heteroatoms. The number of rotatable bonds is 3. The van der Waals surface area contributed by atoms with Gasteiger partial charge in [-0.25, -0.2) is 0 Å². The summed E-state index contributed by atoms with van der Waals surface area (Å²) in [6, 6.07) is 10.2. The van der Waals surface area contributed by atoms with Crippen molar-refractivity contribution in [3.8, 4) is 6.07 Å². The smallest absolute Gasteiger partial charge is 0.231 e. The van der Waals surface area contributed by atoms with E-state index < -0.39 is 0 Å². The molecule has 1 aromatic rings. The fourth-order valence-electron chi connectivity index (χ4n) is 4.44. The number of nitrogens with one attached hydrogen (secondary N) is 1. The molecule has 1 aromatic carbocycles. The van der Waals surface area contributed by atoms with Gasteiger partial charge in [0, 0.05) is 25.9 Å². The van der Waals surface area contributed by atoms with Gasteiger partial charge in [-0.05, 0) is 18.6 Å². The Labute approximate surface area is 150 Å². The second-order valence-electron chi connectivity index (χ2n) is 7.62. The molecule has 0 unspecified atom stereocenters.